The quantitative estimate of drug-likeness (QED) is 0.440. The second-order valence-electron chi connectivity index (χ2n) is 11.7. The number of fused-ring (bicyclic) bond motifs is 5. The van der Waals surface area contributed by atoms with E-state index in [9.17, 15) is 19.6 Å². The fourth-order valence-corrected chi connectivity index (χ4v) is 6.30. The van der Waals surface area contributed by atoms with Crippen molar-refractivity contribution < 1.29 is 14.4 Å². The van der Waals surface area contributed by atoms with E-state index in [2.05, 4.69) is 20.8 Å². The summed E-state index contributed by atoms with van der Waals surface area (Å²) in [6.07, 6.45) is 0.549. The standard InChI is InChI=1S/C30H29ClN6O3/c1-17-21(11-10-19(14-32)25(17)31)37-28(39)26-22-12-20(36(26)29(37)40)16-34(22)27(38)23-13-24(30(2,3)4)33-35(23)15-18-8-6-5-7-9-18/h5-11,13,20,22,26H,12,15-16H2,1-4H3/t20-,22?,26?/m1/s1. The molecule has 0 saturated carbocycles. The van der Waals surface area contributed by atoms with Crippen molar-refractivity contribution in [3.8, 4) is 6.07 Å². The van der Waals surface area contributed by atoms with E-state index in [-0.39, 0.29) is 33.9 Å². The minimum atomic E-state index is -0.767. The second kappa shape index (κ2) is 9.20. The lowest BCUT2D eigenvalue weighted by Crippen LogP contribution is -2.55. The SMILES string of the molecule is Cc1c(N2C(=O)C3C4C[C@H](CN4C(=O)c4cc(C(C)(C)C)nn4Cc4ccccc4)N3C2=O)ccc(C#N)c1Cl. The summed E-state index contributed by atoms with van der Waals surface area (Å²) in [5.74, 6) is -0.575. The van der Waals surface area contributed by atoms with E-state index in [1.807, 2.05) is 42.5 Å². The molecule has 4 amide bonds. The van der Waals surface area contributed by atoms with E-state index in [1.54, 1.807) is 27.5 Å². The fraction of sp³-hybridized carbons (Fsp3) is 0.367. The molecule has 6 rings (SSSR count). The van der Waals surface area contributed by atoms with Gasteiger partial charge in [0.1, 0.15) is 17.8 Å². The van der Waals surface area contributed by atoms with Crippen LogP contribution in [0.5, 0.6) is 0 Å². The van der Waals surface area contributed by atoms with Crippen molar-refractivity contribution in [3.05, 3.63) is 81.6 Å². The van der Waals surface area contributed by atoms with Gasteiger partial charge in [0.05, 0.1) is 40.6 Å². The summed E-state index contributed by atoms with van der Waals surface area (Å²) in [4.78, 5) is 45.9. The molecule has 1 aromatic heterocycles. The number of rotatable bonds is 4. The van der Waals surface area contributed by atoms with Crippen LogP contribution in [-0.2, 0) is 16.8 Å². The average Bonchev–Trinajstić information content (AvgIpc) is 3.68. The Morgan fingerprint density at radius 3 is 2.55 bits per heavy atom. The number of aromatic nitrogens is 2. The van der Waals surface area contributed by atoms with E-state index in [4.69, 9.17) is 16.7 Å². The highest BCUT2D eigenvalue weighted by atomic mass is 35.5. The Kier molecular flexibility index (Phi) is 6.00. The number of imide groups is 1. The first-order chi connectivity index (χ1) is 19.0. The number of hydrogen-bond acceptors (Lipinski definition) is 5. The number of hydrogen-bond donors (Lipinski definition) is 0. The van der Waals surface area contributed by atoms with Crippen molar-refractivity contribution in [2.45, 2.75) is 64.2 Å². The summed E-state index contributed by atoms with van der Waals surface area (Å²) in [6, 6.07) is 14.9. The highest BCUT2D eigenvalue weighted by Gasteiger charge is 2.63. The predicted octanol–water partition coefficient (Wildman–Crippen LogP) is 4.50. The zero-order valence-electron chi connectivity index (χ0n) is 22.8. The Morgan fingerprint density at radius 1 is 1.15 bits per heavy atom. The number of nitrogens with zero attached hydrogens (tertiary/aromatic N) is 6. The zero-order chi connectivity index (χ0) is 28.5. The van der Waals surface area contributed by atoms with E-state index in [0.29, 0.717) is 36.5 Å². The number of urea groups is 1. The fourth-order valence-electron chi connectivity index (χ4n) is 6.10. The lowest BCUT2D eigenvalue weighted by atomic mass is 9.92. The molecule has 3 aliphatic rings. The number of carbonyl (C=O) groups is 3. The van der Waals surface area contributed by atoms with Crippen LogP contribution < -0.4 is 4.90 Å². The molecule has 2 unspecified atom stereocenters. The molecule has 0 radical (unpaired) electrons. The number of benzene rings is 2. The maximum atomic E-state index is 14.1. The molecule has 3 saturated heterocycles. The summed E-state index contributed by atoms with van der Waals surface area (Å²) >= 11 is 6.36. The normalized spacial score (nSPS) is 21.8. The first-order valence-corrected chi connectivity index (χ1v) is 13.7. The Bertz CT molecular complexity index is 1600. The first kappa shape index (κ1) is 26.1. The molecular formula is C30H29ClN6O3. The molecular weight excluding hydrogens is 528 g/mol. The Hall–Kier alpha value is -4.16. The molecule has 3 aliphatic heterocycles. The predicted molar refractivity (Wildman–Crippen MR) is 149 cm³/mol. The van der Waals surface area contributed by atoms with Crippen molar-refractivity contribution in [1.29, 1.82) is 5.26 Å². The van der Waals surface area contributed by atoms with Crippen LogP contribution in [0.4, 0.5) is 10.5 Å². The van der Waals surface area contributed by atoms with Gasteiger partial charge in [0.25, 0.3) is 11.8 Å². The van der Waals surface area contributed by atoms with Gasteiger partial charge < -0.3 is 9.80 Å². The molecule has 2 aromatic carbocycles. The van der Waals surface area contributed by atoms with Gasteiger partial charge in [-0.05, 0) is 42.7 Å². The van der Waals surface area contributed by atoms with Crippen LogP contribution >= 0.6 is 11.6 Å². The molecule has 40 heavy (non-hydrogen) atoms. The average molecular weight is 557 g/mol. The van der Waals surface area contributed by atoms with Gasteiger partial charge in [-0.25, -0.2) is 9.69 Å². The molecule has 4 heterocycles. The highest BCUT2D eigenvalue weighted by Crippen LogP contribution is 2.44. The summed E-state index contributed by atoms with van der Waals surface area (Å²) in [6.45, 7) is 8.65. The third kappa shape index (κ3) is 3.89. The lowest BCUT2D eigenvalue weighted by Gasteiger charge is -2.34. The Morgan fingerprint density at radius 2 is 1.88 bits per heavy atom. The minimum absolute atomic E-state index is 0.192. The maximum Gasteiger partial charge on any atom is 0.332 e. The van der Waals surface area contributed by atoms with Crippen molar-refractivity contribution in [2.24, 2.45) is 0 Å². The van der Waals surface area contributed by atoms with E-state index in [0.717, 1.165) is 16.2 Å². The molecule has 2 bridgehead atoms. The molecule has 3 fully saturated rings. The molecule has 0 aliphatic carbocycles. The third-order valence-corrected chi connectivity index (χ3v) is 8.67. The van der Waals surface area contributed by atoms with Crippen LogP contribution in [0, 0.1) is 18.3 Å². The molecule has 0 spiro atoms. The van der Waals surface area contributed by atoms with Gasteiger partial charge in [-0.15, -0.1) is 0 Å². The largest absolute Gasteiger partial charge is 0.332 e. The van der Waals surface area contributed by atoms with Crippen molar-refractivity contribution in [1.82, 2.24) is 19.6 Å². The molecule has 3 aromatic rings. The zero-order valence-corrected chi connectivity index (χ0v) is 23.5. The summed E-state index contributed by atoms with van der Waals surface area (Å²) < 4.78 is 1.75. The number of piperazine rings is 1. The molecule has 9 nitrogen and oxygen atoms in total. The highest BCUT2D eigenvalue weighted by molar-refractivity contribution is 6.33. The van der Waals surface area contributed by atoms with Crippen LogP contribution in [0.1, 0.15) is 60.1 Å². The van der Waals surface area contributed by atoms with Gasteiger partial charge in [0, 0.05) is 12.0 Å². The number of carbonyl (C=O) groups excluding carboxylic acids is 3. The smallest absolute Gasteiger partial charge is 0.330 e. The summed E-state index contributed by atoms with van der Waals surface area (Å²) in [5.41, 5.74) is 3.18. The summed E-state index contributed by atoms with van der Waals surface area (Å²) in [5, 5.41) is 14.3. The molecule has 3 atom stereocenters. The van der Waals surface area contributed by atoms with Crippen molar-refractivity contribution in [3.63, 3.8) is 0 Å². The van der Waals surface area contributed by atoms with E-state index >= 15 is 0 Å². The molecule has 10 heteroatoms. The Labute approximate surface area is 237 Å². The maximum absolute atomic E-state index is 14.1. The number of amides is 4. The van der Waals surface area contributed by atoms with Crippen molar-refractivity contribution in [2.75, 3.05) is 11.4 Å². The number of nitriles is 1. The van der Waals surface area contributed by atoms with Gasteiger partial charge in [-0.2, -0.15) is 10.4 Å². The van der Waals surface area contributed by atoms with Crippen molar-refractivity contribution >= 4 is 35.1 Å². The number of anilines is 1. The molecule has 204 valence electrons. The Balaban J connectivity index is 1.32. The first-order valence-electron chi connectivity index (χ1n) is 13.3. The number of halogens is 1. The minimum Gasteiger partial charge on any atom is -0.330 e. The second-order valence-corrected chi connectivity index (χ2v) is 12.1. The van der Waals surface area contributed by atoms with Gasteiger partial charge in [-0.3, -0.25) is 14.3 Å². The van der Waals surface area contributed by atoms with Crippen LogP contribution in [0.2, 0.25) is 5.02 Å². The number of likely N-dealkylation sites (tertiary alicyclic amines) is 1. The van der Waals surface area contributed by atoms with Gasteiger partial charge in [0.2, 0.25) is 0 Å². The topological polar surface area (TPSA) is 103 Å². The van der Waals surface area contributed by atoms with E-state index < -0.39 is 18.1 Å². The third-order valence-electron chi connectivity index (χ3n) is 8.19. The lowest BCUT2D eigenvalue weighted by molar-refractivity contribution is -0.121. The van der Waals surface area contributed by atoms with Gasteiger partial charge in [0.15, 0.2) is 0 Å². The van der Waals surface area contributed by atoms with Gasteiger partial charge in [-0.1, -0.05) is 62.7 Å². The van der Waals surface area contributed by atoms with Crippen LogP contribution in [-0.4, -0.2) is 62.1 Å². The van der Waals surface area contributed by atoms with Crippen LogP contribution in [0.25, 0.3) is 0 Å². The van der Waals surface area contributed by atoms with E-state index in [1.165, 1.54) is 6.07 Å². The molecule has 0 N–H and O–H groups in total. The summed E-state index contributed by atoms with van der Waals surface area (Å²) in [7, 11) is 0. The van der Waals surface area contributed by atoms with Crippen LogP contribution in [0.15, 0.2) is 48.5 Å². The van der Waals surface area contributed by atoms with Gasteiger partial charge >= 0.3 is 6.03 Å². The van der Waals surface area contributed by atoms with Crippen LogP contribution in [0.3, 0.4) is 0 Å². The monoisotopic (exact) mass is 556 g/mol.